The van der Waals surface area contributed by atoms with E-state index in [2.05, 4.69) is 19.2 Å². The molecule has 43 heavy (non-hydrogen) atoms. The third kappa shape index (κ3) is 8.37. The molecule has 0 unspecified atom stereocenters. The molecule has 2 amide bonds. The molecule has 0 spiro atoms. The number of fused-ring (bicyclic) bond motifs is 1. The summed E-state index contributed by atoms with van der Waals surface area (Å²) in [5.74, 6) is 1.40. The first-order chi connectivity index (χ1) is 20.6. The predicted octanol–water partition coefficient (Wildman–Crippen LogP) is 5.00. The first-order valence-corrected chi connectivity index (χ1v) is 16.4. The van der Waals surface area contributed by atoms with Gasteiger partial charge in [-0.2, -0.15) is 0 Å². The van der Waals surface area contributed by atoms with Gasteiger partial charge in [-0.3, -0.25) is 14.4 Å². The lowest BCUT2D eigenvalue weighted by Crippen LogP contribution is -2.53. The Bertz CT molecular complexity index is 1120. The van der Waals surface area contributed by atoms with Crippen molar-refractivity contribution in [2.45, 2.75) is 91.2 Å². The topological polar surface area (TPSA) is 97.4 Å². The standard InChI is InChI=1S/C34H53N3O6/c1-7-42-22-24(23(2)3)10-8-11-30(38)25-18-26(21-35-20-25)32(39)37(27-12-13-27)28-14-15-31-29(19-28)36(16-9-17-41-6)33(40)34(4,5)43-31/h14-15,19,23-27,35H,7-13,16-18,20-22H2,1-6H3/t24-,25-,26+/m0/s1. The molecule has 240 valence electrons. The second-order valence-electron chi connectivity index (χ2n) is 13.3. The number of carbonyl (C=O) groups is 3. The number of rotatable bonds is 16. The smallest absolute Gasteiger partial charge is 0.270 e. The number of ketones is 1. The average Bonchev–Trinajstić information content (AvgIpc) is 3.82. The molecule has 1 aromatic rings. The van der Waals surface area contributed by atoms with Crippen molar-refractivity contribution in [1.82, 2.24) is 5.32 Å². The van der Waals surface area contributed by atoms with Crippen LogP contribution in [0.4, 0.5) is 11.4 Å². The van der Waals surface area contributed by atoms with E-state index in [4.69, 9.17) is 14.2 Å². The van der Waals surface area contributed by atoms with E-state index in [0.29, 0.717) is 75.4 Å². The second kappa shape index (κ2) is 15.0. The number of hydrogen-bond acceptors (Lipinski definition) is 7. The maximum absolute atomic E-state index is 14.1. The minimum Gasteiger partial charge on any atom is -0.476 e. The molecule has 2 fully saturated rings. The van der Waals surface area contributed by atoms with E-state index in [1.807, 2.05) is 30.0 Å². The summed E-state index contributed by atoms with van der Waals surface area (Å²) in [5, 5.41) is 3.39. The molecule has 1 saturated carbocycles. The van der Waals surface area contributed by atoms with Gasteiger partial charge < -0.3 is 29.3 Å². The zero-order valence-electron chi connectivity index (χ0n) is 27.2. The number of amides is 2. The summed E-state index contributed by atoms with van der Waals surface area (Å²) >= 11 is 0. The number of nitrogens with zero attached hydrogens (tertiary/aromatic N) is 2. The molecule has 2 aliphatic heterocycles. The minimum absolute atomic E-state index is 0.0540. The minimum atomic E-state index is -0.970. The third-order valence-electron chi connectivity index (χ3n) is 9.15. The van der Waals surface area contributed by atoms with Crippen LogP contribution in [-0.2, 0) is 23.9 Å². The Morgan fingerprint density at radius 1 is 1.16 bits per heavy atom. The van der Waals surface area contributed by atoms with Crippen LogP contribution in [-0.4, -0.2) is 75.8 Å². The molecule has 2 heterocycles. The Labute approximate surface area is 258 Å². The summed E-state index contributed by atoms with van der Waals surface area (Å²) in [5.41, 5.74) is 0.499. The Balaban J connectivity index is 1.44. The van der Waals surface area contributed by atoms with Crippen molar-refractivity contribution in [2.75, 3.05) is 56.4 Å². The molecule has 3 aliphatic rings. The quantitative estimate of drug-likeness (QED) is 0.267. The first kappa shape index (κ1) is 33.4. The zero-order valence-corrected chi connectivity index (χ0v) is 27.2. The maximum atomic E-state index is 14.1. The van der Waals surface area contributed by atoms with Crippen molar-refractivity contribution in [3.63, 3.8) is 0 Å². The number of methoxy groups -OCH3 is 1. The Morgan fingerprint density at radius 2 is 1.91 bits per heavy atom. The molecule has 9 heteroatoms. The number of carbonyl (C=O) groups excluding carboxylic acids is 3. The van der Waals surface area contributed by atoms with E-state index in [0.717, 1.165) is 38.0 Å². The number of hydrogen-bond donors (Lipinski definition) is 1. The fraction of sp³-hybridized carbons (Fsp3) is 0.735. The highest BCUT2D eigenvalue weighted by molar-refractivity contribution is 6.04. The highest BCUT2D eigenvalue weighted by atomic mass is 16.5. The molecule has 9 nitrogen and oxygen atoms in total. The molecule has 1 aliphatic carbocycles. The van der Waals surface area contributed by atoms with Crippen molar-refractivity contribution < 1.29 is 28.6 Å². The molecular formula is C34H53N3O6. The Hall–Kier alpha value is -2.49. The molecule has 1 aromatic carbocycles. The lowest BCUT2D eigenvalue weighted by molar-refractivity contribution is -0.132. The van der Waals surface area contributed by atoms with E-state index in [-0.39, 0.29) is 35.5 Å². The van der Waals surface area contributed by atoms with Gasteiger partial charge in [0.25, 0.3) is 5.91 Å². The van der Waals surface area contributed by atoms with Crippen LogP contribution in [0.1, 0.15) is 79.6 Å². The molecule has 0 aromatic heterocycles. The van der Waals surface area contributed by atoms with Crippen LogP contribution in [0.15, 0.2) is 18.2 Å². The van der Waals surface area contributed by atoms with E-state index in [1.165, 1.54) is 0 Å². The lowest BCUT2D eigenvalue weighted by Gasteiger charge is -2.39. The lowest BCUT2D eigenvalue weighted by atomic mass is 9.84. The molecule has 0 bridgehead atoms. The van der Waals surface area contributed by atoms with Gasteiger partial charge in [0.1, 0.15) is 11.5 Å². The van der Waals surface area contributed by atoms with Gasteiger partial charge in [0.05, 0.1) is 11.6 Å². The number of benzene rings is 1. The van der Waals surface area contributed by atoms with E-state index in [9.17, 15) is 14.4 Å². The highest BCUT2D eigenvalue weighted by Crippen LogP contribution is 2.43. The van der Waals surface area contributed by atoms with Gasteiger partial charge in [-0.05, 0) is 89.3 Å². The van der Waals surface area contributed by atoms with Gasteiger partial charge in [-0.15, -0.1) is 0 Å². The predicted molar refractivity (Wildman–Crippen MR) is 169 cm³/mol. The second-order valence-corrected chi connectivity index (χ2v) is 13.3. The fourth-order valence-electron chi connectivity index (χ4n) is 6.34. The fourth-order valence-corrected chi connectivity index (χ4v) is 6.34. The van der Waals surface area contributed by atoms with Crippen LogP contribution >= 0.6 is 0 Å². The Morgan fingerprint density at radius 3 is 2.58 bits per heavy atom. The largest absolute Gasteiger partial charge is 0.476 e. The normalized spacial score (nSPS) is 22.2. The number of anilines is 2. The van der Waals surface area contributed by atoms with E-state index < -0.39 is 5.60 Å². The summed E-state index contributed by atoms with van der Waals surface area (Å²) in [6, 6.07) is 5.88. The number of ether oxygens (including phenoxy) is 3. The van der Waals surface area contributed by atoms with Crippen LogP contribution in [0.3, 0.4) is 0 Å². The van der Waals surface area contributed by atoms with Crippen molar-refractivity contribution in [1.29, 1.82) is 0 Å². The van der Waals surface area contributed by atoms with Crippen LogP contribution < -0.4 is 19.9 Å². The number of piperidine rings is 1. The number of Topliss-reactive ketones (excluding diaryl/α,β-unsaturated/α-hetero) is 1. The van der Waals surface area contributed by atoms with Crippen molar-refractivity contribution in [2.24, 2.45) is 23.7 Å². The van der Waals surface area contributed by atoms with Crippen LogP contribution in [0, 0.1) is 23.7 Å². The summed E-state index contributed by atoms with van der Waals surface area (Å²) in [4.78, 5) is 44.4. The summed E-state index contributed by atoms with van der Waals surface area (Å²) < 4.78 is 17.0. The molecule has 3 atom stereocenters. The summed E-state index contributed by atoms with van der Waals surface area (Å²) in [7, 11) is 1.65. The number of nitrogens with one attached hydrogen (secondary N) is 1. The maximum Gasteiger partial charge on any atom is 0.270 e. The van der Waals surface area contributed by atoms with E-state index >= 15 is 0 Å². The Kier molecular flexibility index (Phi) is 11.6. The third-order valence-corrected chi connectivity index (χ3v) is 9.15. The molecule has 1 N–H and O–H groups in total. The SMILES string of the molecule is CCOC[C@H](CCCC(=O)[C@@H]1CNC[C@H](C(=O)N(c2ccc3c(c2)N(CCCOC)C(=O)C(C)(C)O3)C2CC2)C1)C(C)C. The average molecular weight is 600 g/mol. The summed E-state index contributed by atoms with van der Waals surface area (Å²) in [6.07, 6.45) is 5.54. The van der Waals surface area contributed by atoms with Gasteiger partial charge in [0.15, 0.2) is 5.60 Å². The van der Waals surface area contributed by atoms with Crippen molar-refractivity contribution >= 4 is 29.0 Å². The van der Waals surface area contributed by atoms with Crippen LogP contribution in [0.2, 0.25) is 0 Å². The van der Waals surface area contributed by atoms with Gasteiger partial charge in [0.2, 0.25) is 5.91 Å². The van der Waals surface area contributed by atoms with Crippen molar-refractivity contribution in [3.05, 3.63) is 18.2 Å². The van der Waals surface area contributed by atoms with Gasteiger partial charge in [-0.1, -0.05) is 13.8 Å². The highest BCUT2D eigenvalue weighted by Gasteiger charge is 2.43. The summed E-state index contributed by atoms with van der Waals surface area (Å²) in [6.45, 7) is 13.7. The molecule has 4 rings (SSSR count). The van der Waals surface area contributed by atoms with Crippen LogP contribution in [0.5, 0.6) is 5.75 Å². The molecule has 0 radical (unpaired) electrons. The van der Waals surface area contributed by atoms with Crippen LogP contribution in [0.25, 0.3) is 0 Å². The van der Waals surface area contributed by atoms with Crippen molar-refractivity contribution in [3.8, 4) is 5.75 Å². The van der Waals surface area contributed by atoms with Gasteiger partial charge in [0, 0.05) is 70.6 Å². The van der Waals surface area contributed by atoms with Gasteiger partial charge >= 0.3 is 0 Å². The molecule has 1 saturated heterocycles. The van der Waals surface area contributed by atoms with E-state index in [1.54, 1.807) is 25.9 Å². The monoisotopic (exact) mass is 599 g/mol. The molecular weight excluding hydrogens is 546 g/mol. The zero-order chi connectivity index (χ0) is 31.1. The first-order valence-electron chi connectivity index (χ1n) is 16.4. The van der Waals surface area contributed by atoms with Gasteiger partial charge in [-0.25, -0.2) is 0 Å².